The van der Waals surface area contributed by atoms with Crippen LogP contribution < -0.4 is 5.32 Å². The van der Waals surface area contributed by atoms with Crippen molar-refractivity contribution >= 4 is 6.03 Å². The zero-order valence-corrected chi connectivity index (χ0v) is 14.2. The Hall–Kier alpha value is -2.37. The molecule has 0 radical (unpaired) electrons. The molecule has 1 aliphatic heterocycles. The van der Waals surface area contributed by atoms with Gasteiger partial charge < -0.3 is 14.8 Å². The molecule has 1 N–H and O–H groups in total. The van der Waals surface area contributed by atoms with Crippen molar-refractivity contribution in [1.29, 1.82) is 0 Å². The van der Waals surface area contributed by atoms with E-state index < -0.39 is 0 Å². The fourth-order valence-electron chi connectivity index (χ4n) is 4.10. The number of likely N-dealkylation sites (tertiary alicyclic amines) is 1. The molecule has 2 aromatic rings. The monoisotopic (exact) mass is 342 g/mol. The van der Waals surface area contributed by atoms with Gasteiger partial charge in [0.2, 0.25) is 0 Å². The fourth-order valence-corrected chi connectivity index (χ4v) is 4.10. The van der Waals surface area contributed by atoms with Crippen molar-refractivity contribution in [3.8, 4) is 0 Å². The quantitative estimate of drug-likeness (QED) is 0.931. The highest BCUT2D eigenvalue weighted by molar-refractivity contribution is 5.75. The Morgan fingerprint density at radius 3 is 3.08 bits per heavy atom. The number of urea groups is 1. The summed E-state index contributed by atoms with van der Waals surface area (Å²) >= 11 is 0. The van der Waals surface area contributed by atoms with E-state index in [0.717, 1.165) is 56.3 Å². The molecule has 132 valence electrons. The highest BCUT2D eigenvalue weighted by atomic mass is 19.1. The molecule has 1 aromatic carbocycles. The van der Waals surface area contributed by atoms with Gasteiger partial charge in [-0.05, 0) is 55.4 Å². The van der Waals surface area contributed by atoms with Crippen molar-refractivity contribution in [2.24, 2.45) is 0 Å². The van der Waals surface area contributed by atoms with Crippen LogP contribution in [0.25, 0.3) is 0 Å². The summed E-state index contributed by atoms with van der Waals surface area (Å²) in [5.41, 5.74) is 2.08. The topological polar surface area (TPSA) is 50.2 Å². The molecule has 2 amide bonds. The van der Waals surface area contributed by atoms with Crippen LogP contribution >= 0.6 is 0 Å². The minimum atomic E-state index is -0.203. The molecule has 1 aromatic heterocycles. The second-order valence-corrected chi connectivity index (χ2v) is 6.99. The van der Waals surface area contributed by atoms with Crippen molar-refractivity contribution < 1.29 is 9.18 Å². The summed E-state index contributed by atoms with van der Waals surface area (Å²) in [5, 5.41) is 3.19. The van der Waals surface area contributed by atoms with E-state index in [2.05, 4.69) is 10.3 Å². The normalized spacial score (nSPS) is 22.7. The number of halogens is 1. The molecule has 0 saturated carbocycles. The van der Waals surface area contributed by atoms with Crippen molar-refractivity contribution in [2.75, 3.05) is 6.54 Å². The highest BCUT2D eigenvalue weighted by Gasteiger charge is 2.31. The number of hydrogen-bond acceptors (Lipinski definition) is 2. The summed E-state index contributed by atoms with van der Waals surface area (Å²) in [6.07, 6.45) is 10.3. The summed E-state index contributed by atoms with van der Waals surface area (Å²) < 4.78 is 15.5. The van der Waals surface area contributed by atoms with E-state index in [4.69, 9.17) is 0 Å². The van der Waals surface area contributed by atoms with Gasteiger partial charge in [-0.2, -0.15) is 0 Å². The van der Waals surface area contributed by atoms with Gasteiger partial charge in [-0.15, -0.1) is 0 Å². The molecule has 1 fully saturated rings. The van der Waals surface area contributed by atoms with Gasteiger partial charge in [0.05, 0.1) is 18.4 Å². The van der Waals surface area contributed by atoms with Gasteiger partial charge in [-0.3, -0.25) is 0 Å². The maximum Gasteiger partial charge on any atom is 0.318 e. The Kier molecular flexibility index (Phi) is 4.42. The summed E-state index contributed by atoms with van der Waals surface area (Å²) in [5.74, 6) is -0.203. The number of imidazole rings is 1. The lowest BCUT2D eigenvalue weighted by molar-refractivity contribution is 0.182. The largest absolute Gasteiger partial charge is 0.335 e. The van der Waals surface area contributed by atoms with E-state index in [1.165, 1.54) is 6.07 Å². The molecule has 6 heteroatoms. The van der Waals surface area contributed by atoms with Gasteiger partial charge in [-0.1, -0.05) is 6.07 Å². The van der Waals surface area contributed by atoms with Crippen LogP contribution in [0.4, 0.5) is 9.18 Å². The van der Waals surface area contributed by atoms with E-state index >= 15 is 0 Å². The number of amides is 2. The summed E-state index contributed by atoms with van der Waals surface area (Å²) in [7, 11) is 0. The van der Waals surface area contributed by atoms with Crippen LogP contribution in [-0.4, -0.2) is 33.1 Å². The molecular weight excluding hydrogens is 319 g/mol. The van der Waals surface area contributed by atoms with E-state index in [1.807, 2.05) is 21.7 Å². The van der Waals surface area contributed by atoms with Gasteiger partial charge in [0.25, 0.3) is 0 Å². The molecule has 2 aliphatic rings. The lowest BCUT2D eigenvalue weighted by Gasteiger charge is -2.31. The predicted octanol–water partition coefficient (Wildman–Crippen LogP) is 3.27. The average molecular weight is 342 g/mol. The standard InChI is InChI=1S/C19H23FN4O/c20-15-6-7-17-14(11-15)3-1-5-18(17)22-19(25)24-9-2-4-16(24)12-23-10-8-21-13-23/h6-8,10-11,13,16,18H,1-5,9,12H2,(H,22,25)/t16-,18+/m0/s1. The SMILES string of the molecule is O=C(N[C@@H]1CCCc2cc(F)ccc21)N1CCC[C@H]1Cn1ccnc1. The second kappa shape index (κ2) is 6.86. The number of hydrogen-bond donors (Lipinski definition) is 1. The van der Waals surface area contributed by atoms with Crippen LogP contribution in [0.15, 0.2) is 36.9 Å². The van der Waals surface area contributed by atoms with Gasteiger partial charge in [0, 0.05) is 25.5 Å². The van der Waals surface area contributed by atoms with Crippen molar-refractivity contribution in [3.05, 3.63) is 53.9 Å². The molecule has 1 aliphatic carbocycles. The zero-order valence-electron chi connectivity index (χ0n) is 14.2. The summed E-state index contributed by atoms with van der Waals surface area (Å²) in [6.45, 7) is 1.56. The maximum absolute atomic E-state index is 13.5. The molecule has 2 heterocycles. The molecule has 5 nitrogen and oxygen atoms in total. The number of rotatable bonds is 3. The van der Waals surface area contributed by atoms with Gasteiger partial charge in [0.1, 0.15) is 5.82 Å². The first kappa shape index (κ1) is 16.1. The highest BCUT2D eigenvalue weighted by Crippen LogP contribution is 2.31. The van der Waals surface area contributed by atoms with E-state index in [0.29, 0.717) is 0 Å². The first-order chi connectivity index (χ1) is 12.2. The minimum Gasteiger partial charge on any atom is -0.335 e. The third kappa shape index (κ3) is 3.38. The third-order valence-electron chi connectivity index (χ3n) is 5.34. The Balaban J connectivity index is 1.45. The number of nitrogens with one attached hydrogen (secondary N) is 1. The number of carbonyl (C=O) groups is 1. The molecule has 0 unspecified atom stereocenters. The van der Waals surface area contributed by atoms with E-state index in [1.54, 1.807) is 18.6 Å². The number of aromatic nitrogens is 2. The molecular formula is C19H23FN4O. The first-order valence-corrected chi connectivity index (χ1v) is 9.02. The predicted molar refractivity (Wildman–Crippen MR) is 92.6 cm³/mol. The number of benzene rings is 1. The van der Waals surface area contributed by atoms with Crippen LogP contribution in [0.2, 0.25) is 0 Å². The Labute approximate surface area is 146 Å². The summed E-state index contributed by atoms with van der Waals surface area (Å²) in [6, 6.07) is 5.08. The Morgan fingerprint density at radius 2 is 2.24 bits per heavy atom. The Morgan fingerprint density at radius 1 is 1.32 bits per heavy atom. The van der Waals surface area contributed by atoms with Gasteiger partial charge >= 0.3 is 6.03 Å². The molecule has 0 bridgehead atoms. The maximum atomic E-state index is 13.5. The van der Waals surface area contributed by atoms with Crippen LogP contribution in [0.3, 0.4) is 0 Å². The Bertz CT molecular complexity index is 746. The van der Waals surface area contributed by atoms with Crippen LogP contribution in [-0.2, 0) is 13.0 Å². The number of carbonyl (C=O) groups excluding carboxylic acids is 1. The van der Waals surface area contributed by atoms with Gasteiger partial charge in [0.15, 0.2) is 0 Å². The number of fused-ring (bicyclic) bond motifs is 1. The number of aryl methyl sites for hydroxylation is 1. The average Bonchev–Trinajstić information content (AvgIpc) is 3.27. The van der Waals surface area contributed by atoms with Crippen molar-refractivity contribution in [1.82, 2.24) is 19.8 Å². The first-order valence-electron chi connectivity index (χ1n) is 9.02. The summed E-state index contributed by atoms with van der Waals surface area (Å²) in [4.78, 5) is 18.9. The molecule has 2 atom stereocenters. The molecule has 1 saturated heterocycles. The van der Waals surface area contributed by atoms with E-state index in [9.17, 15) is 9.18 Å². The molecule has 0 spiro atoms. The van der Waals surface area contributed by atoms with E-state index in [-0.39, 0.29) is 23.9 Å². The second-order valence-electron chi connectivity index (χ2n) is 6.99. The fraction of sp³-hybridized carbons (Fsp3) is 0.474. The number of nitrogens with zero attached hydrogens (tertiary/aromatic N) is 3. The zero-order chi connectivity index (χ0) is 17.2. The van der Waals surface area contributed by atoms with Crippen LogP contribution in [0, 0.1) is 5.82 Å². The molecule has 4 rings (SSSR count). The lowest BCUT2D eigenvalue weighted by Crippen LogP contribution is -2.46. The lowest BCUT2D eigenvalue weighted by atomic mass is 9.87. The van der Waals surface area contributed by atoms with Crippen LogP contribution in [0.5, 0.6) is 0 Å². The smallest absolute Gasteiger partial charge is 0.318 e. The van der Waals surface area contributed by atoms with Crippen LogP contribution in [0.1, 0.15) is 42.9 Å². The minimum absolute atomic E-state index is 0.00945. The third-order valence-corrected chi connectivity index (χ3v) is 5.34. The molecule has 25 heavy (non-hydrogen) atoms. The van der Waals surface area contributed by atoms with Crippen molar-refractivity contribution in [3.63, 3.8) is 0 Å². The van der Waals surface area contributed by atoms with Gasteiger partial charge in [-0.25, -0.2) is 14.2 Å². The van der Waals surface area contributed by atoms with Crippen molar-refractivity contribution in [2.45, 2.75) is 50.7 Å².